The maximum absolute atomic E-state index is 10.7. The fourth-order valence-corrected chi connectivity index (χ4v) is 8.41. The molecule has 0 N–H and O–H groups in total. The molecule has 0 radical (unpaired) electrons. The van der Waals surface area contributed by atoms with Crippen LogP contribution in [-0.2, 0) is 112 Å². The fourth-order valence-electron chi connectivity index (χ4n) is 4.44. The van der Waals surface area contributed by atoms with Gasteiger partial charge in [0.15, 0.2) is 92.7 Å². The Morgan fingerprint density at radius 2 is 0.480 bits per heavy atom. The van der Waals surface area contributed by atoms with E-state index in [-0.39, 0.29) is 252 Å². The van der Waals surface area contributed by atoms with Gasteiger partial charge >= 0.3 is 170 Å². The third-order valence-corrected chi connectivity index (χ3v) is 18.1. The predicted octanol–water partition coefficient (Wildman–Crippen LogP) is -30.7. The molecule has 0 aromatic heterocycles. The molecule has 0 aliphatic rings. The van der Waals surface area contributed by atoms with Crippen molar-refractivity contribution < 1.29 is 305 Å². The number of unbranched alkanes of at least 4 members (excludes halogenated alkanes) is 2. The molecular weight excluding hydrogens is 1480 g/mol. The van der Waals surface area contributed by atoms with E-state index in [1.807, 2.05) is 13.8 Å². The molecule has 0 saturated carbocycles. The summed E-state index contributed by atoms with van der Waals surface area (Å²) in [6.45, 7) is 27.5. The Balaban J connectivity index is -0.0000000471. The first-order valence-corrected chi connectivity index (χ1v) is 37.8. The van der Waals surface area contributed by atoms with Gasteiger partial charge in [-0.25, -0.2) is 123 Å². The molecular formula is C40H92Li9N11O31S9. The Labute approximate surface area is 707 Å². The first-order valence-electron chi connectivity index (χ1n) is 25.5. The van der Waals surface area contributed by atoms with Crippen LogP contribution in [0.5, 0.6) is 0 Å². The number of hydrogen-bond donors (Lipinski definition) is 0. The van der Waals surface area contributed by atoms with Crippen molar-refractivity contribution in [2.24, 2.45) is 0 Å². The van der Waals surface area contributed by atoms with Crippen molar-refractivity contribution in [1.82, 2.24) is 38.7 Å². The van der Waals surface area contributed by atoms with E-state index in [4.69, 9.17) is 13.1 Å². The van der Waals surface area contributed by atoms with Crippen LogP contribution >= 0.6 is 0 Å². The fraction of sp³-hybridized carbons (Fsp3) is 0.950. The largest absolute Gasteiger partial charge is 1.00 e. The summed E-state index contributed by atoms with van der Waals surface area (Å²) in [6, 6.07) is -0.532. The molecule has 0 unspecified atom stereocenters. The van der Waals surface area contributed by atoms with Gasteiger partial charge in [0.2, 0.25) is 0 Å². The van der Waals surface area contributed by atoms with E-state index in [1.165, 1.54) is 70.7 Å². The van der Waals surface area contributed by atoms with Gasteiger partial charge in [-0.3, -0.25) is 9.69 Å². The molecule has 0 heterocycles. The van der Waals surface area contributed by atoms with E-state index in [9.17, 15) is 117 Å². The summed E-state index contributed by atoms with van der Waals surface area (Å²) in [5.74, 6) is 0. The second kappa shape index (κ2) is 80.1. The molecule has 42 nitrogen and oxygen atoms in total. The van der Waals surface area contributed by atoms with Gasteiger partial charge in [-0.1, -0.05) is 44.8 Å². The van der Waals surface area contributed by atoms with Gasteiger partial charge in [0.1, 0.15) is 0 Å². The molecule has 556 valence electrons. The molecule has 60 heteroatoms. The zero-order valence-corrected chi connectivity index (χ0v) is 70.5. The number of rotatable bonds is 33. The predicted molar refractivity (Wildman–Crippen MR) is 320 cm³/mol. The molecule has 0 aliphatic carbocycles. The maximum atomic E-state index is 10.7. The summed E-state index contributed by atoms with van der Waals surface area (Å²) in [5.41, 5.74) is 0. The SMILES string of the molecule is CC(C)N(C(C)C)S(=O)(=O)[O-].CCCCN(CCCC)S(=O)(=O)[O-].CCN(CC)S(=O)(=O)[O-].CN(C)S(=O)(=O)[O-].CN(C)S(=O)(=O)[O-].CN(C)S(=O)(=O)[O-].COCCN(CCOC)S(=O)(=O)[O-].COCCN(CCOC)S(=O)(=O)[O-].[C-]#[N+]CN(C[N+]#[C-])S(=O)(=O)[O-].[Li+].[Li+].[Li+].[Li+].[Li+].[Li+].[Li+].[Li+].[Li+]. The van der Waals surface area contributed by atoms with Crippen molar-refractivity contribution in [3.05, 3.63) is 22.8 Å². The monoisotopic (exact) mass is 1570 g/mol. The number of ether oxygens (including phenoxy) is 4. The molecule has 0 aromatic rings. The normalized spacial score (nSPS) is 11.2. The van der Waals surface area contributed by atoms with Gasteiger partial charge in [0.05, 0.1) is 26.4 Å². The number of nitrogens with zero attached hydrogens (tertiary/aromatic N) is 11. The molecule has 0 fully saturated rings. The van der Waals surface area contributed by atoms with Crippen LogP contribution in [0, 0.1) is 13.1 Å². The van der Waals surface area contributed by atoms with E-state index in [1.54, 1.807) is 41.5 Å². The van der Waals surface area contributed by atoms with Gasteiger partial charge in [-0.05, 0) is 40.5 Å². The Morgan fingerprint density at radius 3 is 0.560 bits per heavy atom. The summed E-state index contributed by atoms with van der Waals surface area (Å²) in [7, 11) is -25.7. The Bertz CT molecular complexity index is 2780. The second-order valence-electron chi connectivity index (χ2n) is 17.5. The van der Waals surface area contributed by atoms with Crippen LogP contribution in [0.1, 0.15) is 81.1 Å². The molecule has 0 rings (SSSR count). The van der Waals surface area contributed by atoms with Crippen LogP contribution in [0.15, 0.2) is 0 Å². The van der Waals surface area contributed by atoms with Crippen molar-refractivity contribution in [2.45, 2.75) is 93.2 Å². The van der Waals surface area contributed by atoms with Crippen molar-refractivity contribution in [1.29, 1.82) is 0 Å². The smallest absolute Gasteiger partial charge is 0.735 e. The average Bonchev–Trinajstić information content (AvgIpc) is 3.35. The average molecular weight is 1570 g/mol. The summed E-state index contributed by atoms with van der Waals surface area (Å²) in [6.07, 6.45) is 3.31. The van der Waals surface area contributed by atoms with Gasteiger partial charge in [-0.15, -0.1) is 0 Å². The number of methoxy groups -OCH3 is 4. The first-order chi connectivity index (χ1) is 40.7. The molecule has 0 bridgehead atoms. The second-order valence-corrected chi connectivity index (χ2v) is 30.4. The van der Waals surface area contributed by atoms with Crippen LogP contribution in [-0.4, -0.2) is 330 Å². The maximum Gasteiger partial charge on any atom is 1.00 e. The van der Waals surface area contributed by atoms with Crippen molar-refractivity contribution in [3.8, 4) is 0 Å². The number of hydrogen-bond acceptors (Lipinski definition) is 31. The molecule has 0 spiro atoms. The van der Waals surface area contributed by atoms with E-state index < -0.39 is 106 Å². The van der Waals surface area contributed by atoms with Crippen LogP contribution in [0.4, 0.5) is 0 Å². The minimum Gasteiger partial charge on any atom is -0.735 e. The van der Waals surface area contributed by atoms with Gasteiger partial charge < -0.3 is 59.9 Å². The zero-order chi connectivity index (χ0) is 74.8. The Morgan fingerprint density at radius 1 is 0.310 bits per heavy atom. The van der Waals surface area contributed by atoms with Crippen LogP contribution in [0.3, 0.4) is 0 Å². The third kappa shape index (κ3) is 103. The van der Waals surface area contributed by atoms with E-state index in [2.05, 4.69) is 28.6 Å². The minimum absolute atomic E-state index is 0. The zero-order valence-electron chi connectivity index (χ0n) is 63.1. The van der Waals surface area contributed by atoms with Crippen molar-refractivity contribution in [3.63, 3.8) is 0 Å². The Hall–Kier alpha value is 3.03. The van der Waals surface area contributed by atoms with E-state index in [0.29, 0.717) is 26.0 Å². The molecule has 0 atom stereocenters. The van der Waals surface area contributed by atoms with Crippen molar-refractivity contribution in [2.75, 3.05) is 163 Å². The molecule has 0 amide bonds. The van der Waals surface area contributed by atoms with Crippen LogP contribution in [0.25, 0.3) is 9.69 Å². The van der Waals surface area contributed by atoms with Crippen LogP contribution in [0.2, 0.25) is 0 Å². The third-order valence-electron chi connectivity index (χ3n) is 9.06. The molecule has 0 aliphatic heterocycles. The molecule has 100 heavy (non-hydrogen) atoms. The van der Waals surface area contributed by atoms with Crippen molar-refractivity contribution >= 4 is 92.7 Å². The first kappa shape index (κ1) is 148. The topological polar surface area (TPSA) is 590 Å². The van der Waals surface area contributed by atoms with E-state index in [0.717, 1.165) is 47.2 Å². The summed E-state index contributed by atoms with van der Waals surface area (Å²) in [4.78, 5) is 5.35. The standard InChI is InChI=1S/C8H19NO3S.2C6H15NO5S.C6H15NO3S.C4H5N3O3S.C4H11NO3S.3C2H7NO3S.9Li/c1-3-5-7-9(8-6-4-2)13(10,11)12;2*1-11-5-3-7(4-6-12-2)13(8,9)10;1-5(2)7(6(3)4)11(8,9)10;1-5-3-7(4-6-2)11(8,9)10;1-3-5(4-2)9(6,7)8;3*1-3(2)7(4,5)6;;;;;;;;;/h3-8H2,1-2H3,(H,10,11,12);2*3-6H2,1-2H3,(H,8,9,10);5-6H,1-4H3,(H,8,9,10);3-4H2,(H,8,9,10);3-4H2,1-2H3,(H,6,7,8);3*1-2H3,(H,4,5,6);;;;;;;;;/q;;;;;;;;;9*+1/p-9. The molecule has 0 aromatic carbocycles. The van der Waals surface area contributed by atoms with E-state index >= 15 is 0 Å². The summed E-state index contributed by atoms with van der Waals surface area (Å²) in [5, 5.41) is 0. The summed E-state index contributed by atoms with van der Waals surface area (Å²) >= 11 is 0. The quantitative estimate of drug-likeness (QED) is 0.0334. The van der Waals surface area contributed by atoms with Gasteiger partial charge in [-0.2, -0.15) is 0 Å². The molecule has 0 saturated heterocycles. The Kier molecular flexibility index (Phi) is 119. The van der Waals surface area contributed by atoms with Gasteiger partial charge in [0.25, 0.3) is 13.3 Å². The van der Waals surface area contributed by atoms with Crippen LogP contribution < -0.4 is 170 Å². The summed E-state index contributed by atoms with van der Waals surface area (Å²) < 4.78 is 301. The minimum atomic E-state index is -4.63. The van der Waals surface area contributed by atoms with Gasteiger partial charge in [0, 0.05) is 135 Å².